The smallest absolute Gasteiger partial charge is 0.273 e. The number of nitrogens with one attached hydrogen (secondary N) is 1. The molecule has 4 heterocycles. The number of rotatable bonds is 7. The summed E-state index contributed by atoms with van der Waals surface area (Å²) in [5.41, 5.74) is 0.336. The van der Waals surface area contributed by atoms with Crippen LogP contribution in [0.15, 0.2) is 10.6 Å². The summed E-state index contributed by atoms with van der Waals surface area (Å²) in [7, 11) is -3.27. The van der Waals surface area contributed by atoms with Crippen molar-refractivity contribution in [2.75, 3.05) is 25.4 Å². The van der Waals surface area contributed by atoms with E-state index in [0.717, 1.165) is 63.9 Å². The molecule has 1 unspecified atom stereocenters. The van der Waals surface area contributed by atoms with Crippen LogP contribution >= 0.6 is 0 Å². The number of hydrogen-bond donors (Lipinski definition) is 1. The third-order valence-electron chi connectivity index (χ3n) is 7.66. The van der Waals surface area contributed by atoms with Gasteiger partial charge in [0.15, 0.2) is 5.69 Å². The second-order valence-electron chi connectivity index (χ2n) is 9.90. The quantitative estimate of drug-likeness (QED) is 0.685. The number of carbonyl (C=O) groups is 1. The van der Waals surface area contributed by atoms with E-state index in [2.05, 4.69) is 22.3 Å². The number of hydrogen-bond acceptors (Lipinski definition) is 6. The molecule has 31 heavy (non-hydrogen) atoms. The first-order valence-electron chi connectivity index (χ1n) is 11.9. The standard InChI is InChI=1S/C22H34N4O4S/c1-2-25-9-7-15(8-10-25)14-31(28,29)26-18-5-6-19(26)12-17(11-18)23-22(27)20-13-21(30-24-20)16-3-4-16/h13,15-19H,2-12,14H2,1H3,(H,23,27)/t17?,18-,19+. The molecule has 2 bridgehead atoms. The SMILES string of the molecule is CCN1CCC(CS(=O)(=O)N2[C@@H]3CC[C@H]2CC(NC(=O)c2cc(C4CC4)on2)C3)CC1. The predicted octanol–water partition coefficient (Wildman–Crippen LogP) is 2.34. The number of carbonyl (C=O) groups excluding carboxylic acids is 1. The Balaban J connectivity index is 1.18. The molecule has 8 nitrogen and oxygen atoms in total. The van der Waals surface area contributed by atoms with Crippen molar-refractivity contribution in [3.05, 3.63) is 17.5 Å². The number of nitrogens with zero attached hydrogens (tertiary/aromatic N) is 3. The summed E-state index contributed by atoms with van der Waals surface area (Å²) in [4.78, 5) is 15.0. The fourth-order valence-electron chi connectivity index (χ4n) is 5.78. The van der Waals surface area contributed by atoms with E-state index in [-0.39, 0.29) is 35.7 Å². The fraction of sp³-hybridized carbons (Fsp3) is 0.818. The van der Waals surface area contributed by atoms with Crippen LogP contribution in [0.25, 0.3) is 0 Å². The third-order valence-corrected chi connectivity index (χ3v) is 9.80. The Morgan fingerprint density at radius 3 is 2.42 bits per heavy atom. The summed E-state index contributed by atoms with van der Waals surface area (Å²) in [5.74, 6) is 1.55. The highest BCUT2D eigenvalue weighted by atomic mass is 32.2. The van der Waals surface area contributed by atoms with Crippen molar-refractivity contribution in [2.45, 2.75) is 82.3 Å². The van der Waals surface area contributed by atoms with Crippen LogP contribution in [0, 0.1) is 5.92 Å². The van der Waals surface area contributed by atoms with Crippen LogP contribution in [0.4, 0.5) is 0 Å². The highest BCUT2D eigenvalue weighted by Gasteiger charge is 2.47. The molecule has 0 spiro atoms. The highest BCUT2D eigenvalue weighted by molar-refractivity contribution is 7.89. The topological polar surface area (TPSA) is 95.8 Å². The van der Waals surface area contributed by atoms with E-state index in [4.69, 9.17) is 4.52 Å². The van der Waals surface area contributed by atoms with Crippen LogP contribution < -0.4 is 5.32 Å². The Hall–Kier alpha value is -1.45. The molecule has 9 heteroatoms. The van der Waals surface area contributed by atoms with E-state index in [0.29, 0.717) is 24.5 Å². The molecule has 1 aromatic heterocycles. The molecule has 1 aliphatic carbocycles. The summed E-state index contributed by atoms with van der Waals surface area (Å²) < 4.78 is 33.7. The Labute approximate surface area is 184 Å². The number of piperidine rings is 2. The van der Waals surface area contributed by atoms with E-state index in [9.17, 15) is 13.2 Å². The van der Waals surface area contributed by atoms with Gasteiger partial charge in [0, 0.05) is 30.1 Å². The number of fused-ring (bicyclic) bond motifs is 2. The van der Waals surface area contributed by atoms with Crippen molar-refractivity contribution in [1.82, 2.24) is 19.7 Å². The zero-order valence-electron chi connectivity index (χ0n) is 18.3. The third kappa shape index (κ3) is 4.54. The van der Waals surface area contributed by atoms with Gasteiger partial charge in [-0.2, -0.15) is 4.31 Å². The van der Waals surface area contributed by atoms with Gasteiger partial charge in [-0.3, -0.25) is 4.79 Å². The van der Waals surface area contributed by atoms with Gasteiger partial charge in [0.1, 0.15) is 5.76 Å². The van der Waals surface area contributed by atoms with Crippen LogP contribution in [0.5, 0.6) is 0 Å². The first kappa shape index (κ1) is 21.4. The molecule has 3 aliphatic heterocycles. The van der Waals surface area contributed by atoms with Crippen molar-refractivity contribution < 1.29 is 17.7 Å². The lowest BCUT2D eigenvalue weighted by atomic mass is 9.99. The largest absolute Gasteiger partial charge is 0.360 e. The van der Waals surface area contributed by atoms with E-state index in [1.165, 1.54) is 0 Å². The lowest BCUT2D eigenvalue weighted by Gasteiger charge is -2.39. The molecular formula is C22H34N4O4S. The summed E-state index contributed by atoms with van der Waals surface area (Å²) in [6, 6.07) is 1.75. The van der Waals surface area contributed by atoms with Gasteiger partial charge in [0.05, 0.1) is 5.75 Å². The lowest BCUT2D eigenvalue weighted by molar-refractivity contribution is 0.0900. The van der Waals surface area contributed by atoms with Crippen molar-refractivity contribution in [2.24, 2.45) is 5.92 Å². The molecule has 1 N–H and O–H groups in total. The Morgan fingerprint density at radius 1 is 1.13 bits per heavy atom. The van der Waals surface area contributed by atoms with E-state index >= 15 is 0 Å². The van der Waals surface area contributed by atoms with Crippen LogP contribution in [-0.2, 0) is 10.0 Å². The van der Waals surface area contributed by atoms with Crippen LogP contribution in [0.2, 0.25) is 0 Å². The number of likely N-dealkylation sites (tertiary alicyclic amines) is 1. The maximum absolute atomic E-state index is 13.3. The van der Waals surface area contributed by atoms with Gasteiger partial charge in [-0.05, 0) is 76.9 Å². The maximum Gasteiger partial charge on any atom is 0.273 e. The Kier molecular flexibility index (Phi) is 5.85. The number of aromatic nitrogens is 1. The van der Waals surface area contributed by atoms with E-state index in [1.54, 1.807) is 6.07 Å². The molecule has 5 rings (SSSR count). The normalized spacial score (nSPS) is 30.5. The highest BCUT2D eigenvalue weighted by Crippen LogP contribution is 2.41. The molecule has 4 fully saturated rings. The van der Waals surface area contributed by atoms with Gasteiger partial charge in [-0.25, -0.2) is 8.42 Å². The molecule has 4 aliphatic rings. The molecule has 3 saturated heterocycles. The molecule has 0 aromatic carbocycles. The predicted molar refractivity (Wildman–Crippen MR) is 116 cm³/mol. The van der Waals surface area contributed by atoms with Gasteiger partial charge < -0.3 is 14.7 Å². The summed E-state index contributed by atoms with van der Waals surface area (Å²) in [6.07, 6.45) is 7.28. The van der Waals surface area contributed by atoms with Gasteiger partial charge in [0.2, 0.25) is 10.0 Å². The van der Waals surface area contributed by atoms with Gasteiger partial charge in [-0.1, -0.05) is 12.1 Å². The molecule has 0 radical (unpaired) electrons. The van der Waals surface area contributed by atoms with Crippen LogP contribution in [0.1, 0.15) is 80.5 Å². The summed E-state index contributed by atoms with van der Waals surface area (Å²) >= 11 is 0. The first-order valence-corrected chi connectivity index (χ1v) is 13.5. The second-order valence-corrected chi connectivity index (χ2v) is 11.8. The maximum atomic E-state index is 13.3. The van der Waals surface area contributed by atoms with Crippen LogP contribution in [-0.4, -0.2) is 72.2 Å². The van der Waals surface area contributed by atoms with E-state index in [1.807, 2.05) is 4.31 Å². The van der Waals surface area contributed by atoms with Crippen LogP contribution in [0.3, 0.4) is 0 Å². The molecule has 1 saturated carbocycles. The summed E-state index contributed by atoms with van der Waals surface area (Å²) in [5, 5.41) is 7.02. The number of sulfonamides is 1. The minimum atomic E-state index is -3.27. The Bertz CT molecular complexity index is 890. The van der Waals surface area contributed by atoms with Crippen molar-refractivity contribution in [1.29, 1.82) is 0 Å². The van der Waals surface area contributed by atoms with Crippen molar-refractivity contribution in [3.8, 4) is 0 Å². The van der Waals surface area contributed by atoms with Crippen molar-refractivity contribution in [3.63, 3.8) is 0 Å². The molecule has 172 valence electrons. The zero-order valence-corrected chi connectivity index (χ0v) is 19.1. The average molecular weight is 451 g/mol. The molecular weight excluding hydrogens is 416 g/mol. The Morgan fingerprint density at radius 2 is 1.81 bits per heavy atom. The monoisotopic (exact) mass is 450 g/mol. The van der Waals surface area contributed by atoms with E-state index < -0.39 is 10.0 Å². The lowest BCUT2D eigenvalue weighted by Crippen LogP contribution is -2.53. The van der Waals surface area contributed by atoms with Gasteiger partial charge in [-0.15, -0.1) is 0 Å². The first-order chi connectivity index (χ1) is 14.9. The zero-order chi connectivity index (χ0) is 21.6. The molecule has 3 atom stereocenters. The molecule has 1 amide bonds. The number of amides is 1. The minimum Gasteiger partial charge on any atom is -0.360 e. The average Bonchev–Trinajstić information content (AvgIpc) is 3.40. The minimum absolute atomic E-state index is 0.00381. The van der Waals surface area contributed by atoms with Crippen molar-refractivity contribution >= 4 is 15.9 Å². The second kappa shape index (κ2) is 8.48. The van der Waals surface area contributed by atoms with Gasteiger partial charge >= 0.3 is 0 Å². The van der Waals surface area contributed by atoms with Gasteiger partial charge in [0.25, 0.3) is 5.91 Å². The summed E-state index contributed by atoms with van der Waals surface area (Å²) in [6.45, 7) is 5.20. The fourth-order valence-corrected chi connectivity index (χ4v) is 8.17. The molecule has 1 aromatic rings.